The Hall–Kier alpha value is -9.76. The Bertz CT molecular complexity index is 4140. The lowest BCUT2D eigenvalue weighted by atomic mass is 9.58. The highest BCUT2D eigenvalue weighted by Crippen LogP contribution is 2.63. The Morgan fingerprint density at radius 2 is 0.645 bits per heavy atom. The number of fused-ring (bicyclic) bond motifs is 6. The van der Waals surface area contributed by atoms with E-state index in [0.717, 1.165) is 99.8 Å². The third-order valence-corrected chi connectivity index (χ3v) is 16.2. The topological polar surface area (TPSA) is 34.1 Å². The van der Waals surface area contributed by atoms with Crippen molar-refractivity contribution in [3.05, 3.63) is 358 Å². The summed E-state index contributed by atoms with van der Waals surface area (Å²) >= 11 is 0. The van der Waals surface area contributed by atoms with E-state index >= 15 is 9.59 Å². The lowest BCUT2D eigenvalue weighted by molar-refractivity contribution is 0.103. The van der Waals surface area contributed by atoms with Gasteiger partial charge in [-0.3, -0.25) is 9.59 Å². The second-order valence-corrected chi connectivity index (χ2v) is 20.0. The number of hydrogen-bond donors (Lipinski definition) is 0. The summed E-state index contributed by atoms with van der Waals surface area (Å²) in [5.74, 6) is -0.0604. The summed E-state index contributed by atoms with van der Waals surface area (Å²) in [6, 6.07) is 102. The van der Waals surface area contributed by atoms with Gasteiger partial charge in [-0.1, -0.05) is 273 Å². The average Bonchev–Trinajstić information content (AvgIpc) is 3.94. The SMILES string of the molecule is O=C(c1ccc2c(c1)C(c1ccccc1)(c1ccccc1)c1cc3c4c(cccc4c1-2)C(c1ccccc1)(c1ccccc1)c1cc(C(=O)c2ccccc2-c2ccccc2)ccc1-3)c1ccccc1-c1ccccc1. The molecule has 0 N–H and O–H groups in total. The van der Waals surface area contributed by atoms with Gasteiger partial charge >= 0.3 is 0 Å². The molecule has 2 aliphatic carbocycles. The van der Waals surface area contributed by atoms with Gasteiger partial charge in [0.1, 0.15) is 0 Å². The van der Waals surface area contributed by atoms with Gasteiger partial charge < -0.3 is 0 Å². The van der Waals surface area contributed by atoms with Crippen LogP contribution in [0, 0.1) is 0 Å². The largest absolute Gasteiger partial charge is 0.289 e. The van der Waals surface area contributed by atoms with Crippen molar-refractivity contribution in [3.63, 3.8) is 0 Å². The molecule has 0 saturated heterocycles. The maximum Gasteiger partial charge on any atom is 0.193 e. The molecule has 0 spiro atoms. The molecule has 0 radical (unpaired) electrons. The van der Waals surface area contributed by atoms with Crippen LogP contribution in [0.3, 0.4) is 0 Å². The summed E-state index contributed by atoms with van der Waals surface area (Å²) < 4.78 is 0. The molecule has 76 heavy (non-hydrogen) atoms. The van der Waals surface area contributed by atoms with E-state index in [1.54, 1.807) is 0 Å². The minimum Gasteiger partial charge on any atom is -0.289 e. The number of carbonyl (C=O) groups is 2. The fraction of sp³-hybridized carbons (Fsp3) is 0.0270. The van der Waals surface area contributed by atoms with Crippen molar-refractivity contribution in [3.8, 4) is 44.5 Å². The fourth-order valence-electron chi connectivity index (χ4n) is 13.1. The first-order chi connectivity index (χ1) is 37.6. The second kappa shape index (κ2) is 18.0. The Morgan fingerprint density at radius 3 is 1.11 bits per heavy atom. The van der Waals surface area contributed by atoms with Crippen molar-refractivity contribution in [1.29, 1.82) is 0 Å². The zero-order valence-electron chi connectivity index (χ0n) is 41.5. The minimum atomic E-state index is -0.840. The average molecular weight is 969 g/mol. The third-order valence-electron chi connectivity index (χ3n) is 16.2. The zero-order valence-corrected chi connectivity index (χ0v) is 41.5. The quantitative estimate of drug-likeness (QED) is 0.128. The van der Waals surface area contributed by atoms with E-state index in [1.807, 2.05) is 97.1 Å². The maximum atomic E-state index is 15.4. The highest BCUT2D eigenvalue weighted by atomic mass is 16.1. The molecule has 0 aliphatic heterocycles. The van der Waals surface area contributed by atoms with Crippen LogP contribution in [0.2, 0.25) is 0 Å². The standard InChI is InChI=1S/C74H48O2/c75-71(60-38-21-19-36-57(60)49-24-7-1-8-25-49)51-42-44-59-64-48-68-69(63-40-23-41-65(70(63)64)73(66(59)46-51,53-28-11-3-12-29-53)54-30-13-4-14-31-54)62-45-43-52(72(76)61-39-22-20-37-58(61)50-26-9-2-10-27-50)47-67(62)74(68,55-32-15-5-16-33-55)56-34-17-6-18-35-56/h1-48H. The summed E-state index contributed by atoms with van der Waals surface area (Å²) in [5, 5.41) is 2.29. The number of ketones is 2. The van der Waals surface area contributed by atoms with Gasteiger partial charge in [0.05, 0.1) is 10.8 Å². The summed E-state index contributed by atoms with van der Waals surface area (Å²) in [7, 11) is 0. The molecule has 0 fully saturated rings. The molecular weight excluding hydrogens is 921 g/mol. The van der Waals surface area contributed by atoms with Crippen molar-refractivity contribution in [2.45, 2.75) is 10.8 Å². The normalized spacial score (nSPS) is 13.3. The van der Waals surface area contributed by atoms with Crippen molar-refractivity contribution in [1.82, 2.24) is 0 Å². The van der Waals surface area contributed by atoms with E-state index in [1.165, 1.54) is 0 Å². The van der Waals surface area contributed by atoms with Crippen molar-refractivity contribution >= 4 is 22.3 Å². The minimum absolute atomic E-state index is 0.0276. The first kappa shape index (κ1) is 44.9. The molecule has 12 aromatic carbocycles. The smallest absolute Gasteiger partial charge is 0.193 e. The first-order valence-corrected chi connectivity index (χ1v) is 26.1. The van der Waals surface area contributed by atoms with Gasteiger partial charge in [-0.15, -0.1) is 0 Å². The summed E-state index contributed by atoms with van der Waals surface area (Å²) in [6.45, 7) is 0. The Kier molecular flexibility index (Phi) is 10.6. The van der Waals surface area contributed by atoms with Crippen LogP contribution in [0.25, 0.3) is 55.3 Å². The highest BCUT2D eigenvalue weighted by molar-refractivity contribution is 6.18. The third kappa shape index (κ3) is 6.67. The summed E-state index contributed by atoms with van der Waals surface area (Å²) in [4.78, 5) is 30.6. The van der Waals surface area contributed by atoms with E-state index in [-0.39, 0.29) is 11.6 Å². The van der Waals surface area contributed by atoms with E-state index in [9.17, 15) is 0 Å². The molecule has 2 heteroatoms. The number of rotatable bonds is 10. The molecule has 356 valence electrons. The van der Waals surface area contributed by atoms with E-state index in [4.69, 9.17) is 0 Å². The Morgan fingerprint density at radius 1 is 0.263 bits per heavy atom. The first-order valence-electron chi connectivity index (χ1n) is 26.1. The van der Waals surface area contributed by atoms with Crippen molar-refractivity contribution < 1.29 is 9.59 Å². The van der Waals surface area contributed by atoms with E-state index < -0.39 is 10.8 Å². The Labute approximate surface area is 442 Å². The van der Waals surface area contributed by atoms with E-state index in [0.29, 0.717) is 22.3 Å². The predicted molar refractivity (Wildman–Crippen MR) is 309 cm³/mol. The van der Waals surface area contributed by atoms with Gasteiger partial charge in [0.2, 0.25) is 0 Å². The van der Waals surface area contributed by atoms with Crippen LogP contribution in [0.1, 0.15) is 76.4 Å². The van der Waals surface area contributed by atoms with Gasteiger partial charge in [-0.05, 0) is 118 Å². The van der Waals surface area contributed by atoms with Gasteiger partial charge in [0, 0.05) is 22.3 Å². The molecule has 0 unspecified atom stereocenters. The molecule has 0 amide bonds. The molecule has 2 nitrogen and oxygen atoms in total. The molecule has 0 bridgehead atoms. The molecule has 14 rings (SSSR count). The summed E-state index contributed by atoms with van der Waals surface area (Å²) in [6.07, 6.45) is 0. The lowest BCUT2D eigenvalue weighted by Crippen LogP contribution is -2.34. The molecule has 2 aliphatic rings. The number of benzene rings is 12. The molecule has 12 aromatic rings. The van der Waals surface area contributed by atoms with Crippen LogP contribution >= 0.6 is 0 Å². The van der Waals surface area contributed by atoms with Crippen LogP contribution in [-0.2, 0) is 10.8 Å². The molecule has 0 saturated carbocycles. The van der Waals surface area contributed by atoms with Gasteiger partial charge in [0.25, 0.3) is 0 Å². The summed E-state index contributed by atoms with van der Waals surface area (Å²) in [5.41, 5.74) is 17.9. The predicted octanol–water partition coefficient (Wildman–Crippen LogP) is 17.4. The maximum absolute atomic E-state index is 15.4. The van der Waals surface area contributed by atoms with Crippen molar-refractivity contribution in [2.75, 3.05) is 0 Å². The lowest BCUT2D eigenvalue weighted by Gasteiger charge is -2.43. The number of carbonyl (C=O) groups excluding carboxylic acids is 2. The van der Waals surface area contributed by atoms with Crippen LogP contribution in [0.15, 0.2) is 291 Å². The van der Waals surface area contributed by atoms with Crippen LogP contribution < -0.4 is 0 Å². The van der Waals surface area contributed by atoms with Crippen LogP contribution in [-0.4, -0.2) is 11.6 Å². The molecule has 0 atom stereocenters. The van der Waals surface area contributed by atoms with Crippen LogP contribution in [0.5, 0.6) is 0 Å². The van der Waals surface area contributed by atoms with Gasteiger partial charge in [0.15, 0.2) is 11.6 Å². The number of hydrogen-bond acceptors (Lipinski definition) is 2. The van der Waals surface area contributed by atoms with Crippen molar-refractivity contribution in [2.24, 2.45) is 0 Å². The zero-order chi connectivity index (χ0) is 50.8. The van der Waals surface area contributed by atoms with Gasteiger partial charge in [-0.2, -0.15) is 0 Å². The monoisotopic (exact) mass is 968 g/mol. The Balaban J connectivity index is 1.08. The molecular formula is C74H48O2. The van der Waals surface area contributed by atoms with Crippen LogP contribution in [0.4, 0.5) is 0 Å². The molecule has 0 aromatic heterocycles. The molecule has 0 heterocycles. The van der Waals surface area contributed by atoms with Gasteiger partial charge in [-0.25, -0.2) is 0 Å². The van der Waals surface area contributed by atoms with E-state index in [2.05, 4.69) is 194 Å². The fourth-order valence-corrected chi connectivity index (χ4v) is 13.1. The highest BCUT2D eigenvalue weighted by Gasteiger charge is 2.50. The second-order valence-electron chi connectivity index (χ2n) is 20.0.